The van der Waals surface area contributed by atoms with Gasteiger partial charge in [-0.15, -0.1) is 0 Å². The maximum Gasteiger partial charge on any atom is 0.120 e. The molecule has 3 heteroatoms. The summed E-state index contributed by atoms with van der Waals surface area (Å²) in [4.78, 5) is 2.66. The molecule has 112 valence electrons. The van der Waals surface area contributed by atoms with E-state index in [0.717, 1.165) is 24.8 Å². The molecule has 1 aliphatic carbocycles. The highest BCUT2D eigenvalue weighted by molar-refractivity contribution is 5.10. The van der Waals surface area contributed by atoms with Gasteiger partial charge in [0.2, 0.25) is 0 Å². The number of nitrogens with zero attached hydrogens (tertiary/aromatic N) is 1. The van der Waals surface area contributed by atoms with Gasteiger partial charge in [-0.25, -0.2) is 0 Å². The second kappa shape index (κ2) is 5.19. The molecule has 0 spiro atoms. The molecule has 3 atom stereocenters. The van der Waals surface area contributed by atoms with Gasteiger partial charge in [0, 0.05) is 24.7 Å². The zero-order chi connectivity index (χ0) is 14.3. The lowest BCUT2D eigenvalue weighted by atomic mass is 9.87. The van der Waals surface area contributed by atoms with Crippen molar-refractivity contribution < 1.29 is 4.42 Å². The lowest BCUT2D eigenvalue weighted by Crippen LogP contribution is -2.65. The number of nitrogens with one attached hydrogen (secondary N) is 1. The quantitative estimate of drug-likeness (QED) is 0.913. The van der Waals surface area contributed by atoms with Crippen LogP contribution in [0.5, 0.6) is 0 Å². The smallest absolute Gasteiger partial charge is 0.120 e. The number of furan rings is 1. The van der Waals surface area contributed by atoms with Crippen LogP contribution < -0.4 is 5.32 Å². The van der Waals surface area contributed by atoms with E-state index in [9.17, 15) is 0 Å². The van der Waals surface area contributed by atoms with Gasteiger partial charge in [0.1, 0.15) is 5.76 Å². The fourth-order valence-electron chi connectivity index (χ4n) is 3.74. The predicted octanol–water partition coefficient (Wildman–Crippen LogP) is 3.44. The highest BCUT2D eigenvalue weighted by Crippen LogP contribution is 2.43. The minimum absolute atomic E-state index is 0.284. The summed E-state index contributed by atoms with van der Waals surface area (Å²) in [5.41, 5.74) is 0.284. The first-order valence-corrected chi connectivity index (χ1v) is 8.05. The molecular weight excluding hydrogens is 248 g/mol. The van der Waals surface area contributed by atoms with Crippen molar-refractivity contribution in [2.75, 3.05) is 13.1 Å². The van der Waals surface area contributed by atoms with Gasteiger partial charge < -0.3 is 9.73 Å². The Kier molecular flexibility index (Phi) is 3.67. The molecule has 3 unspecified atom stereocenters. The third-order valence-corrected chi connectivity index (χ3v) is 5.35. The van der Waals surface area contributed by atoms with Gasteiger partial charge in [0.25, 0.3) is 0 Å². The summed E-state index contributed by atoms with van der Waals surface area (Å²) in [6.45, 7) is 11.6. The molecule has 0 radical (unpaired) electrons. The van der Waals surface area contributed by atoms with Crippen LogP contribution in [0.3, 0.4) is 0 Å². The Morgan fingerprint density at radius 3 is 2.65 bits per heavy atom. The fourth-order valence-corrected chi connectivity index (χ4v) is 3.74. The van der Waals surface area contributed by atoms with Crippen molar-refractivity contribution in [3.8, 4) is 0 Å². The molecule has 1 aromatic heterocycles. The predicted molar refractivity (Wildman–Crippen MR) is 81.6 cm³/mol. The SMILES string of the molecule is CC(C)C1CNC(C)(C2CC2)CN1C(C)c1ccco1. The van der Waals surface area contributed by atoms with Crippen molar-refractivity contribution in [2.24, 2.45) is 11.8 Å². The van der Waals surface area contributed by atoms with E-state index in [2.05, 4.69) is 44.0 Å². The van der Waals surface area contributed by atoms with E-state index >= 15 is 0 Å². The topological polar surface area (TPSA) is 28.4 Å². The van der Waals surface area contributed by atoms with Gasteiger partial charge in [0.05, 0.1) is 12.3 Å². The van der Waals surface area contributed by atoms with Crippen LogP contribution in [0.4, 0.5) is 0 Å². The molecule has 1 N–H and O–H groups in total. The first-order chi connectivity index (χ1) is 9.51. The van der Waals surface area contributed by atoms with Crippen molar-refractivity contribution >= 4 is 0 Å². The normalized spacial score (nSPS) is 33.5. The number of rotatable bonds is 4. The maximum absolute atomic E-state index is 5.66. The van der Waals surface area contributed by atoms with Gasteiger partial charge in [-0.05, 0) is 50.7 Å². The summed E-state index contributed by atoms with van der Waals surface area (Å²) in [5, 5.41) is 3.85. The molecule has 3 nitrogen and oxygen atoms in total. The molecule has 1 saturated heterocycles. The Balaban J connectivity index is 1.81. The van der Waals surface area contributed by atoms with E-state index in [1.165, 1.54) is 12.8 Å². The third-order valence-electron chi connectivity index (χ3n) is 5.35. The van der Waals surface area contributed by atoms with Gasteiger partial charge >= 0.3 is 0 Å². The van der Waals surface area contributed by atoms with Crippen LogP contribution in [0, 0.1) is 11.8 Å². The van der Waals surface area contributed by atoms with Gasteiger partial charge in [-0.3, -0.25) is 4.90 Å². The minimum Gasteiger partial charge on any atom is -0.468 e. The second-order valence-corrected chi connectivity index (χ2v) is 7.25. The van der Waals surface area contributed by atoms with Gasteiger partial charge in [-0.2, -0.15) is 0 Å². The monoisotopic (exact) mass is 276 g/mol. The molecular formula is C17H28N2O. The molecule has 2 aliphatic rings. The number of piperazine rings is 1. The standard InChI is InChI=1S/C17H28N2O/c1-12(2)15-10-18-17(4,14-7-8-14)11-19(15)13(3)16-6-5-9-20-16/h5-6,9,12-15,18H,7-8,10-11H2,1-4H3. The van der Waals surface area contributed by atoms with Gasteiger partial charge in [0.15, 0.2) is 0 Å². The Morgan fingerprint density at radius 2 is 2.10 bits per heavy atom. The van der Waals surface area contributed by atoms with Crippen LogP contribution in [0.15, 0.2) is 22.8 Å². The van der Waals surface area contributed by atoms with Crippen LogP contribution in [-0.2, 0) is 0 Å². The van der Waals surface area contributed by atoms with Crippen molar-refractivity contribution in [3.05, 3.63) is 24.2 Å². The third kappa shape index (κ3) is 2.53. The molecule has 2 heterocycles. The van der Waals surface area contributed by atoms with Crippen LogP contribution in [0.2, 0.25) is 0 Å². The van der Waals surface area contributed by atoms with Crippen LogP contribution in [0.25, 0.3) is 0 Å². The molecule has 2 fully saturated rings. The van der Waals surface area contributed by atoms with Crippen LogP contribution >= 0.6 is 0 Å². The maximum atomic E-state index is 5.66. The first kappa shape index (κ1) is 14.2. The van der Waals surface area contributed by atoms with Crippen LogP contribution in [-0.4, -0.2) is 29.6 Å². The first-order valence-electron chi connectivity index (χ1n) is 8.05. The summed E-state index contributed by atoms with van der Waals surface area (Å²) >= 11 is 0. The van der Waals surface area contributed by atoms with Crippen molar-refractivity contribution in [2.45, 2.75) is 58.2 Å². The summed E-state index contributed by atoms with van der Waals surface area (Å²) in [6, 6.07) is 5.05. The molecule has 1 aromatic rings. The molecule has 1 aliphatic heterocycles. The van der Waals surface area contributed by atoms with Crippen molar-refractivity contribution in [1.82, 2.24) is 10.2 Å². The minimum atomic E-state index is 0.284. The highest BCUT2D eigenvalue weighted by Gasteiger charge is 2.47. The Morgan fingerprint density at radius 1 is 1.35 bits per heavy atom. The lowest BCUT2D eigenvalue weighted by molar-refractivity contribution is 0.0166. The van der Waals surface area contributed by atoms with E-state index in [1.807, 2.05) is 6.07 Å². The highest BCUT2D eigenvalue weighted by atomic mass is 16.3. The summed E-state index contributed by atoms with van der Waals surface area (Å²) < 4.78 is 5.66. The van der Waals surface area contributed by atoms with E-state index in [4.69, 9.17) is 4.42 Å². The average molecular weight is 276 g/mol. The van der Waals surface area contributed by atoms with E-state index in [0.29, 0.717) is 18.0 Å². The van der Waals surface area contributed by atoms with Gasteiger partial charge in [-0.1, -0.05) is 13.8 Å². The zero-order valence-corrected chi connectivity index (χ0v) is 13.2. The van der Waals surface area contributed by atoms with Crippen molar-refractivity contribution in [1.29, 1.82) is 0 Å². The summed E-state index contributed by atoms with van der Waals surface area (Å²) in [5.74, 6) is 2.61. The largest absolute Gasteiger partial charge is 0.468 e. The number of hydrogen-bond acceptors (Lipinski definition) is 3. The Bertz CT molecular complexity index is 438. The number of hydrogen-bond donors (Lipinski definition) is 1. The fraction of sp³-hybridized carbons (Fsp3) is 0.765. The van der Waals surface area contributed by atoms with Crippen LogP contribution in [0.1, 0.15) is 52.3 Å². The van der Waals surface area contributed by atoms with E-state index in [-0.39, 0.29) is 5.54 Å². The summed E-state index contributed by atoms with van der Waals surface area (Å²) in [7, 11) is 0. The van der Waals surface area contributed by atoms with Crippen molar-refractivity contribution in [3.63, 3.8) is 0 Å². The molecule has 20 heavy (non-hydrogen) atoms. The molecule has 0 aromatic carbocycles. The molecule has 1 saturated carbocycles. The molecule has 0 bridgehead atoms. The second-order valence-electron chi connectivity index (χ2n) is 7.25. The molecule has 3 rings (SSSR count). The van der Waals surface area contributed by atoms with E-state index < -0.39 is 0 Å². The lowest BCUT2D eigenvalue weighted by Gasteiger charge is -2.50. The zero-order valence-electron chi connectivity index (χ0n) is 13.2. The molecule has 0 amide bonds. The summed E-state index contributed by atoms with van der Waals surface area (Å²) in [6.07, 6.45) is 4.57. The Hall–Kier alpha value is -0.800. The Labute approximate surface area is 122 Å². The van der Waals surface area contributed by atoms with E-state index in [1.54, 1.807) is 6.26 Å². The average Bonchev–Trinajstić information content (AvgIpc) is 3.14.